The highest BCUT2D eigenvalue weighted by molar-refractivity contribution is 5.96. The van der Waals surface area contributed by atoms with Crippen LogP contribution in [-0.2, 0) is 4.79 Å². The van der Waals surface area contributed by atoms with Crippen molar-refractivity contribution in [2.75, 3.05) is 33.8 Å². The Kier molecular flexibility index (Phi) is 6.14. The number of carbonyl (C=O) groups excluding carboxylic acids is 2. The maximum atomic E-state index is 13.9. The van der Waals surface area contributed by atoms with Crippen LogP contribution in [0.4, 0.5) is 4.39 Å². The number of rotatable bonds is 6. The SMILES string of the molecule is CCN(CC)C(=O)CN(C)C(=O)c1ccc(OC)cc1F. The van der Waals surface area contributed by atoms with E-state index in [1.54, 1.807) is 4.90 Å². The molecule has 0 heterocycles. The standard InChI is InChI=1S/C15H21FN2O3/c1-5-18(6-2)14(19)10-17(3)15(20)12-8-7-11(21-4)9-13(12)16/h7-9H,5-6,10H2,1-4H3. The molecule has 0 N–H and O–H groups in total. The van der Waals surface area contributed by atoms with Gasteiger partial charge in [0, 0.05) is 26.2 Å². The minimum absolute atomic E-state index is 0.0774. The molecule has 116 valence electrons. The summed E-state index contributed by atoms with van der Waals surface area (Å²) in [6.07, 6.45) is 0. The summed E-state index contributed by atoms with van der Waals surface area (Å²) in [4.78, 5) is 27.0. The number of benzene rings is 1. The van der Waals surface area contributed by atoms with Crippen LogP contribution in [0.2, 0.25) is 0 Å². The topological polar surface area (TPSA) is 49.9 Å². The van der Waals surface area contributed by atoms with Gasteiger partial charge in [0.15, 0.2) is 0 Å². The highest BCUT2D eigenvalue weighted by Gasteiger charge is 2.20. The molecule has 1 rings (SSSR count). The molecule has 1 aromatic carbocycles. The zero-order valence-corrected chi connectivity index (χ0v) is 12.9. The van der Waals surface area contributed by atoms with Gasteiger partial charge >= 0.3 is 0 Å². The number of halogens is 1. The first kappa shape index (κ1) is 16.9. The third-order valence-electron chi connectivity index (χ3n) is 3.24. The van der Waals surface area contributed by atoms with E-state index in [1.807, 2.05) is 13.8 Å². The summed E-state index contributed by atoms with van der Waals surface area (Å²) in [5.74, 6) is -1.02. The third-order valence-corrected chi connectivity index (χ3v) is 3.24. The fourth-order valence-electron chi connectivity index (χ4n) is 1.95. The first-order chi connectivity index (χ1) is 9.94. The van der Waals surface area contributed by atoms with E-state index >= 15 is 0 Å². The van der Waals surface area contributed by atoms with Crippen molar-refractivity contribution in [2.45, 2.75) is 13.8 Å². The molecule has 0 aliphatic heterocycles. The second kappa shape index (κ2) is 7.61. The Morgan fingerprint density at radius 1 is 1.24 bits per heavy atom. The van der Waals surface area contributed by atoms with Crippen LogP contribution in [0.25, 0.3) is 0 Å². The molecule has 1 aromatic rings. The molecule has 6 heteroatoms. The zero-order chi connectivity index (χ0) is 16.0. The zero-order valence-electron chi connectivity index (χ0n) is 12.9. The predicted octanol–water partition coefficient (Wildman–Crippen LogP) is 1.77. The summed E-state index contributed by atoms with van der Waals surface area (Å²) in [5.41, 5.74) is -0.0781. The average molecular weight is 296 g/mol. The number of likely N-dealkylation sites (N-methyl/N-ethyl adjacent to an activating group) is 2. The Hall–Kier alpha value is -2.11. The number of hydrogen-bond acceptors (Lipinski definition) is 3. The van der Waals surface area contributed by atoms with Gasteiger partial charge in [-0.25, -0.2) is 4.39 Å². The van der Waals surface area contributed by atoms with Gasteiger partial charge in [-0.3, -0.25) is 9.59 Å². The third kappa shape index (κ3) is 4.18. The summed E-state index contributed by atoms with van der Waals surface area (Å²) in [7, 11) is 2.90. The lowest BCUT2D eigenvalue weighted by atomic mass is 10.1. The van der Waals surface area contributed by atoms with Crippen molar-refractivity contribution in [3.05, 3.63) is 29.6 Å². The highest BCUT2D eigenvalue weighted by Crippen LogP contribution is 2.17. The fourth-order valence-corrected chi connectivity index (χ4v) is 1.95. The molecule has 2 amide bonds. The molecular weight excluding hydrogens is 275 g/mol. The van der Waals surface area contributed by atoms with Crippen LogP contribution in [0.5, 0.6) is 5.75 Å². The van der Waals surface area contributed by atoms with Crippen LogP contribution >= 0.6 is 0 Å². The summed E-state index contributed by atoms with van der Waals surface area (Å²) in [6.45, 7) is 4.81. The number of amides is 2. The molecule has 0 radical (unpaired) electrons. The summed E-state index contributed by atoms with van der Waals surface area (Å²) >= 11 is 0. The van der Waals surface area contributed by atoms with Crippen molar-refractivity contribution in [1.82, 2.24) is 9.80 Å². The molecule has 0 spiro atoms. The Morgan fingerprint density at radius 2 is 1.86 bits per heavy atom. The molecule has 0 aromatic heterocycles. The Balaban J connectivity index is 2.81. The molecule has 0 unspecified atom stereocenters. The van der Waals surface area contributed by atoms with Gasteiger partial charge in [-0.15, -0.1) is 0 Å². The van der Waals surface area contributed by atoms with Crippen molar-refractivity contribution < 1.29 is 18.7 Å². The second-order valence-corrected chi connectivity index (χ2v) is 4.57. The molecule has 0 saturated heterocycles. The summed E-state index contributed by atoms with van der Waals surface area (Å²) in [6, 6.07) is 4.01. The molecule has 0 fully saturated rings. The van der Waals surface area contributed by atoms with Crippen LogP contribution in [-0.4, -0.2) is 55.4 Å². The van der Waals surface area contributed by atoms with Gasteiger partial charge in [-0.05, 0) is 26.0 Å². The van der Waals surface area contributed by atoms with E-state index in [9.17, 15) is 14.0 Å². The van der Waals surface area contributed by atoms with Gasteiger partial charge in [0.05, 0.1) is 19.2 Å². The average Bonchev–Trinajstić information content (AvgIpc) is 2.47. The van der Waals surface area contributed by atoms with Crippen LogP contribution in [0.15, 0.2) is 18.2 Å². The van der Waals surface area contributed by atoms with Gasteiger partial charge in [0.1, 0.15) is 11.6 Å². The lowest BCUT2D eigenvalue weighted by Crippen LogP contribution is -2.41. The van der Waals surface area contributed by atoms with Gasteiger partial charge in [-0.2, -0.15) is 0 Å². The smallest absolute Gasteiger partial charge is 0.257 e. The van der Waals surface area contributed by atoms with E-state index in [0.717, 1.165) is 6.07 Å². The molecule has 0 atom stereocenters. The summed E-state index contributed by atoms with van der Waals surface area (Å²) < 4.78 is 18.7. The number of carbonyl (C=O) groups is 2. The number of ether oxygens (including phenoxy) is 1. The first-order valence-electron chi connectivity index (χ1n) is 6.81. The maximum absolute atomic E-state index is 13.9. The van der Waals surface area contributed by atoms with Gasteiger partial charge in [0.25, 0.3) is 5.91 Å². The van der Waals surface area contributed by atoms with Crippen LogP contribution < -0.4 is 4.74 Å². The molecule has 0 aliphatic rings. The van der Waals surface area contributed by atoms with Gasteiger partial charge in [-0.1, -0.05) is 0 Å². The Morgan fingerprint density at radius 3 is 2.33 bits per heavy atom. The highest BCUT2D eigenvalue weighted by atomic mass is 19.1. The van der Waals surface area contributed by atoms with E-state index < -0.39 is 11.7 Å². The molecule has 0 saturated carbocycles. The minimum atomic E-state index is -0.665. The van der Waals surface area contributed by atoms with Crippen molar-refractivity contribution >= 4 is 11.8 Å². The quantitative estimate of drug-likeness (QED) is 0.804. The van der Waals surface area contributed by atoms with Crippen molar-refractivity contribution in [1.29, 1.82) is 0 Å². The molecule has 0 aliphatic carbocycles. The molecule has 5 nitrogen and oxygen atoms in total. The fraction of sp³-hybridized carbons (Fsp3) is 0.467. The lowest BCUT2D eigenvalue weighted by molar-refractivity contribution is -0.131. The number of methoxy groups -OCH3 is 1. The van der Waals surface area contributed by atoms with Crippen LogP contribution in [0, 0.1) is 5.82 Å². The second-order valence-electron chi connectivity index (χ2n) is 4.57. The maximum Gasteiger partial charge on any atom is 0.257 e. The van der Waals surface area contributed by atoms with Crippen molar-refractivity contribution in [3.8, 4) is 5.75 Å². The van der Waals surface area contributed by atoms with Crippen molar-refractivity contribution in [2.24, 2.45) is 0 Å². The molecular formula is C15H21FN2O3. The van der Waals surface area contributed by atoms with E-state index in [2.05, 4.69) is 0 Å². The number of hydrogen-bond donors (Lipinski definition) is 0. The Labute approximate surface area is 124 Å². The van der Waals surface area contributed by atoms with Gasteiger partial charge in [0.2, 0.25) is 5.91 Å². The van der Waals surface area contributed by atoms with E-state index in [0.29, 0.717) is 18.8 Å². The largest absolute Gasteiger partial charge is 0.497 e. The van der Waals surface area contributed by atoms with E-state index in [4.69, 9.17) is 4.74 Å². The van der Waals surface area contributed by atoms with E-state index in [1.165, 1.54) is 31.2 Å². The molecule has 0 bridgehead atoms. The first-order valence-corrected chi connectivity index (χ1v) is 6.81. The normalized spacial score (nSPS) is 10.1. The van der Waals surface area contributed by atoms with Gasteiger partial charge < -0.3 is 14.5 Å². The van der Waals surface area contributed by atoms with Crippen molar-refractivity contribution in [3.63, 3.8) is 0 Å². The van der Waals surface area contributed by atoms with Crippen LogP contribution in [0.3, 0.4) is 0 Å². The monoisotopic (exact) mass is 296 g/mol. The van der Waals surface area contributed by atoms with Crippen LogP contribution in [0.1, 0.15) is 24.2 Å². The summed E-state index contributed by atoms with van der Waals surface area (Å²) in [5, 5.41) is 0. The predicted molar refractivity (Wildman–Crippen MR) is 77.8 cm³/mol. The van der Waals surface area contributed by atoms with E-state index in [-0.39, 0.29) is 18.0 Å². The molecule has 21 heavy (non-hydrogen) atoms. The Bertz CT molecular complexity index is 516. The lowest BCUT2D eigenvalue weighted by Gasteiger charge is -2.23. The minimum Gasteiger partial charge on any atom is -0.497 e. The number of nitrogens with zero attached hydrogens (tertiary/aromatic N) is 2.